The van der Waals surface area contributed by atoms with Crippen LogP contribution in [0.2, 0.25) is 0 Å². The summed E-state index contributed by atoms with van der Waals surface area (Å²) in [6, 6.07) is 19.4. The highest BCUT2D eigenvalue weighted by atomic mass is 32.2. The predicted molar refractivity (Wildman–Crippen MR) is 108 cm³/mol. The van der Waals surface area contributed by atoms with Crippen LogP contribution in [0, 0.1) is 5.92 Å². The molecule has 0 radical (unpaired) electrons. The zero-order valence-electron chi connectivity index (χ0n) is 14.9. The van der Waals surface area contributed by atoms with Crippen LogP contribution in [-0.2, 0) is 14.6 Å². The van der Waals surface area contributed by atoms with Gasteiger partial charge in [0.1, 0.15) is 0 Å². The van der Waals surface area contributed by atoms with E-state index in [0.717, 1.165) is 11.1 Å². The number of rotatable bonds is 6. The first-order valence-corrected chi connectivity index (χ1v) is 10.7. The third-order valence-electron chi connectivity index (χ3n) is 4.40. The first-order valence-electron chi connectivity index (χ1n) is 8.87. The number of hydrogen-bond acceptors (Lipinski definition) is 4. The molecule has 0 spiro atoms. The Labute approximate surface area is 159 Å². The van der Waals surface area contributed by atoms with Gasteiger partial charge in [0.15, 0.2) is 9.84 Å². The summed E-state index contributed by atoms with van der Waals surface area (Å²) in [5, 5.41) is 4.27. The van der Waals surface area contributed by atoms with Gasteiger partial charge >= 0.3 is 0 Å². The van der Waals surface area contributed by atoms with E-state index in [1.807, 2.05) is 72.8 Å². The van der Waals surface area contributed by atoms with Crippen LogP contribution in [0.1, 0.15) is 24.0 Å². The van der Waals surface area contributed by atoms with Crippen molar-refractivity contribution in [2.75, 3.05) is 11.5 Å². The number of carbonyl (C=O) groups is 1. The first kappa shape index (κ1) is 19.0. The van der Waals surface area contributed by atoms with E-state index < -0.39 is 9.84 Å². The van der Waals surface area contributed by atoms with Gasteiger partial charge in [0.2, 0.25) is 5.91 Å². The van der Waals surface area contributed by atoms with Crippen molar-refractivity contribution in [2.24, 2.45) is 11.0 Å². The summed E-state index contributed by atoms with van der Waals surface area (Å²) in [5.41, 5.74) is 5.12. The van der Waals surface area contributed by atoms with Gasteiger partial charge in [0, 0.05) is 12.0 Å². The summed E-state index contributed by atoms with van der Waals surface area (Å²) < 4.78 is 23.1. The normalized spacial score (nSPS) is 19.3. The summed E-state index contributed by atoms with van der Waals surface area (Å²) >= 11 is 0. The molecule has 0 unspecified atom stereocenters. The smallest absolute Gasteiger partial charge is 0.240 e. The maximum absolute atomic E-state index is 12.2. The molecule has 1 aliphatic heterocycles. The van der Waals surface area contributed by atoms with Gasteiger partial charge in [-0.3, -0.25) is 4.79 Å². The van der Waals surface area contributed by atoms with E-state index in [1.165, 1.54) is 0 Å². The minimum absolute atomic E-state index is 0.0869. The molecule has 1 atom stereocenters. The molecule has 140 valence electrons. The van der Waals surface area contributed by atoms with Crippen LogP contribution in [0.5, 0.6) is 0 Å². The van der Waals surface area contributed by atoms with Crippen LogP contribution in [-0.4, -0.2) is 31.5 Å². The van der Waals surface area contributed by atoms with Gasteiger partial charge in [0.25, 0.3) is 0 Å². The quantitative estimate of drug-likeness (QED) is 0.616. The Hall–Kier alpha value is -2.73. The van der Waals surface area contributed by atoms with Gasteiger partial charge in [0.05, 0.1) is 17.2 Å². The van der Waals surface area contributed by atoms with E-state index in [0.29, 0.717) is 12.1 Å². The highest BCUT2D eigenvalue weighted by Crippen LogP contribution is 2.21. The Morgan fingerprint density at radius 2 is 1.74 bits per heavy atom. The van der Waals surface area contributed by atoms with Gasteiger partial charge < -0.3 is 0 Å². The largest absolute Gasteiger partial charge is 0.273 e. The lowest BCUT2D eigenvalue weighted by molar-refractivity contribution is -0.121. The molecule has 1 saturated heterocycles. The third kappa shape index (κ3) is 5.89. The van der Waals surface area contributed by atoms with Crippen molar-refractivity contribution in [3.63, 3.8) is 0 Å². The summed E-state index contributed by atoms with van der Waals surface area (Å²) in [6.45, 7) is 0. The summed E-state index contributed by atoms with van der Waals surface area (Å²) in [5.74, 6) is -0.128. The number of allylic oxidation sites excluding steroid dienone is 1. The minimum Gasteiger partial charge on any atom is -0.273 e. The molecular formula is C21H22N2O3S. The van der Waals surface area contributed by atoms with Crippen molar-refractivity contribution in [3.05, 3.63) is 77.9 Å². The molecule has 1 amide bonds. The second-order valence-electron chi connectivity index (χ2n) is 6.62. The van der Waals surface area contributed by atoms with E-state index in [1.54, 1.807) is 0 Å². The minimum atomic E-state index is -2.98. The van der Waals surface area contributed by atoms with Gasteiger partial charge in [-0.15, -0.1) is 0 Å². The molecular weight excluding hydrogens is 360 g/mol. The predicted octanol–water partition coefficient (Wildman–Crippen LogP) is 3.05. The molecule has 1 fully saturated rings. The average molecular weight is 382 g/mol. The van der Waals surface area contributed by atoms with Crippen molar-refractivity contribution in [1.29, 1.82) is 0 Å². The number of hydrogen-bond donors (Lipinski definition) is 1. The molecule has 0 aromatic heterocycles. The molecule has 1 heterocycles. The number of carbonyl (C=O) groups excluding carboxylic acids is 1. The zero-order chi connectivity index (χ0) is 19.1. The summed E-state index contributed by atoms with van der Waals surface area (Å²) in [6.07, 6.45) is 4.50. The Kier molecular flexibility index (Phi) is 6.19. The summed E-state index contributed by atoms with van der Waals surface area (Å²) in [7, 11) is -2.98. The van der Waals surface area contributed by atoms with Crippen LogP contribution in [0.25, 0.3) is 6.08 Å². The first-order chi connectivity index (χ1) is 13.0. The molecule has 6 heteroatoms. The molecule has 2 aromatic rings. The van der Waals surface area contributed by atoms with Crippen LogP contribution in [0.15, 0.2) is 71.8 Å². The molecule has 0 saturated carbocycles. The standard InChI is InChI=1S/C21H22N2O3S/c24-21(15-18-13-14-27(25,26)16-18)23-22-20(19-9-5-2-6-10-19)12-11-17-7-3-1-4-8-17/h1-12,18H,13-16H2,(H,23,24)/b12-11+,22-20+/t18-/m0/s1. The van der Waals surface area contributed by atoms with Crippen LogP contribution < -0.4 is 5.43 Å². The van der Waals surface area contributed by atoms with Gasteiger partial charge in [-0.05, 0) is 24.0 Å². The monoisotopic (exact) mass is 382 g/mol. The SMILES string of the molecule is O=C(C[C@@H]1CCS(=O)(=O)C1)N/N=C(\C=C\c1ccccc1)c1ccccc1. The van der Waals surface area contributed by atoms with Crippen molar-refractivity contribution in [2.45, 2.75) is 12.8 Å². The fourth-order valence-electron chi connectivity index (χ4n) is 3.01. The molecule has 0 aliphatic carbocycles. The van der Waals surface area contributed by atoms with Gasteiger partial charge in [-0.1, -0.05) is 66.7 Å². The molecule has 1 N–H and O–H groups in total. The third-order valence-corrected chi connectivity index (χ3v) is 6.24. The molecule has 3 rings (SSSR count). The lowest BCUT2D eigenvalue weighted by Crippen LogP contribution is -2.23. The number of amides is 1. The highest BCUT2D eigenvalue weighted by molar-refractivity contribution is 7.91. The van der Waals surface area contributed by atoms with Crippen molar-refractivity contribution in [1.82, 2.24) is 5.43 Å². The number of sulfone groups is 1. The molecule has 1 aliphatic rings. The zero-order valence-corrected chi connectivity index (χ0v) is 15.7. The fourth-order valence-corrected chi connectivity index (χ4v) is 4.87. The average Bonchev–Trinajstić information content (AvgIpc) is 3.01. The van der Waals surface area contributed by atoms with Crippen molar-refractivity contribution in [3.8, 4) is 0 Å². The highest BCUT2D eigenvalue weighted by Gasteiger charge is 2.29. The molecule has 27 heavy (non-hydrogen) atoms. The lowest BCUT2D eigenvalue weighted by Gasteiger charge is -2.07. The number of benzene rings is 2. The Morgan fingerprint density at radius 1 is 1.07 bits per heavy atom. The van der Waals surface area contributed by atoms with E-state index in [-0.39, 0.29) is 29.8 Å². The molecule has 0 bridgehead atoms. The van der Waals surface area contributed by atoms with Crippen LogP contribution in [0.4, 0.5) is 0 Å². The Morgan fingerprint density at radius 3 is 2.37 bits per heavy atom. The van der Waals surface area contributed by atoms with Gasteiger partial charge in [-0.2, -0.15) is 5.10 Å². The number of hydrazone groups is 1. The molecule has 2 aromatic carbocycles. The number of nitrogens with one attached hydrogen (secondary N) is 1. The second-order valence-corrected chi connectivity index (χ2v) is 8.84. The second kappa shape index (κ2) is 8.77. The van der Waals surface area contributed by atoms with Crippen molar-refractivity contribution < 1.29 is 13.2 Å². The summed E-state index contributed by atoms with van der Waals surface area (Å²) in [4.78, 5) is 12.2. The van der Waals surface area contributed by atoms with Crippen molar-refractivity contribution >= 4 is 27.5 Å². The molecule has 5 nitrogen and oxygen atoms in total. The maximum atomic E-state index is 12.2. The Balaban J connectivity index is 1.70. The van der Waals surface area contributed by atoms with Crippen LogP contribution in [0.3, 0.4) is 0 Å². The number of nitrogens with zero attached hydrogens (tertiary/aromatic N) is 1. The van der Waals surface area contributed by atoms with E-state index in [9.17, 15) is 13.2 Å². The van der Waals surface area contributed by atoms with E-state index in [2.05, 4.69) is 10.5 Å². The van der Waals surface area contributed by atoms with Gasteiger partial charge in [-0.25, -0.2) is 13.8 Å². The Bertz CT molecular complexity index is 936. The lowest BCUT2D eigenvalue weighted by atomic mass is 10.1. The van der Waals surface area contributed by atoms with E-state index in [4.69, 9.17) is 0 Å². The van der Waals surface area contributed by atoms with Crippen LogP contribution >= 0.6 is 0 Å². The van der Waals surface area contributed by atoms with E-state index >= 15 is 0 Å². The maximum Gasteiger partial charge on any atom is 0.240 e. The topological polar surface area (TPSA) is 75.6 Å². The fraction of sp³-hybridized carbons (Fsp3) is 0.238.